The molecule has 0 N–H and O–H groups in total. The van der Waals surface area contributed by atoms with Crippen LogP contribution in [0.4, 0.5) is 5.69 Å². The summed E-state index contributed by atoms with van der Waals surface area (Å²) in [5, 5.41) is 0. The molecular formula is C16H26N2O. The van der Waals surface area contributed by atoms with Gasteiger partial charge in [-0.1, -0.05) is 13.8 Å². The van der Waals surface area contributed by atoms with Crippen LogP contribution >= 0.6 is 0 Å². The molecule has 1 amide bonds. The summed E-state index contributed by atoms with van der Waals surface area (Å²) < 4.78 is 0. The van der Waals surface area contributed by atoms with E-state index in [1.54, 1.807) is 4.90 Å². The second kappa shape index (κ2) is 7.17. The molecule has 0 spiro atoms. The van der Waals surface area contributed by atoms with Crippen molar-refractivity contribution in [3.63, 3.8) is 0 Å². The molecule has 1 rings (SSSR count). The molecular weight excluding hydrogens is 236 g/mol. The highest BCUT2D eigenvalue weighted by Crippen LogP contribution is 2.15. The Balaban J connectivity index is 2.67. The van der Waals surface area contributed by atoms with Gasteiger partial charge in [0.05, 0.1) is 0 Å². The van der Waals surface area contributed by atoms with E-state index in [4.69, 9.17) is 0 Å². The molecule has 0 aromatic heterocycles. The van der Waals surface area contributed by atoms with E-state index in [-0.39, 0.29) is 5.91 Å². The van der Waals surface area contributed by atoms with Crippen LogP contribution in [0, 0.1) is 5.92 Å². The van der Waals surface area contributed by atoms with E-state index in [1.165, 1.54) is 0 Å². The Kier molecular flexibility index (Phi) is 5.87. The zero-order valence-electron chi connectivity index (χ0n) is 12.8. The first-order chi connectivity index (χ1) is 8.95. The van der Waals surface area contributed by atoms with Crippen LogP contribution in [-0.4, -0.2) is 38.0 Å². The van der Waals surface area contributed by atoms with E-state index >= 15 is 0 Å². The maximum absolute atomic E-state index is 12.2. The van der Waals surface area contributed by atoms with Gasteiger partial charge in [0.15, 0.2) is 0 Å². The number of amides is 1. The Morgan fingerprint density at radius 2 is 1.74 bits per heavy atom. The molecule has 0 bridgehead atoms. The monoisotopic (exact) mass is 262 g/mol. The number of carbonyl (C=O) groups excluding carboxylic acids is 1. The van der Waals surface area contributed by atoms with Crippen molar-refractivity contribution >= 4 is 11.6 Å². The van der Waals surface area contributed by atoms with Crippen LogP contribution in [0.1, 0.15) is 37.6 Å². The number of rotatable bonds is 6. The number of nitrogens with zero attached hydrogens (tertiary/aromatic N) is 2. The lowest BCUT2D eigenvalue weighted by atomic mass is 10.1. The molecule has 0 saturated heterocycles. The van der Waals surface area contributed by atoms with Crippen molar-refractivity contribution in [1.29, 1.82) is 0 Å². The van der Waals surface area contributed by atoms with Gasteiger partial charge < -0.3 is 9.80 Å². The quantitative estimate of drug-likeness (QED) is 0.785. The van der Waals surface area contributed by atoms with Gasteiger partial charge in [0.2, 0.25) is 0 Å². The van der Waals surface area contributed by atoms with E-state index in [0.29, 0.717) is 5.92 Å². The smallest absolute Gasteiger partial charge is 0.253 e. The summed E-state index contributed by atoms with van der Waals surface area (Å²) in [5.41, 5.74) is 1.91. The number of benzene rings is 1. The Hall–Kier alpha value is -1.51. The van der Waals surface area contributed by atoms with Crippen LogP contribution in [0.3, 0.4) is 0 Å². The fraction of sp³-hybridized carbons (Fsp3) is 0.562. The summed E-state index contributed by atoms with van der Waals surface area (Å²) in [5.74, 6) is 0.724. The van der Waals surface area contributed by atoms with Crippen molar-refractivity contribution in [2.75, 3.05) is 32.1 Å². The molecule has 19 heavy (non-hydrogen) atoms. The van der Waals surface area contributed by atoms with Gasteiger partial charge in [0, 0.05) is 38.4 Å². The summed E-state index contributed by atoms with van der Waals surface area (Å²) in [7, 11) is 3.92. The van der Waals surface area contributed by atoms with Crippen molar-refractivity contribution in [3.8, 4) is 0 Å². The summed E-state index contributed by atoms with van der Waals surface area (Å²) in [6.07, 6.45) is 1.04. The normalized spacial score (nSPS) is 10.6. The molecule has 1 aromatic rings. The van der Waals surface area contributed by atoms with Gasteiger partial charge in [-0.05, 0) is 43.5 Å². The summed E-state index contributed by atoms with van der Waals surface area (Å²) in [6, 6.07) is 7.84. The predicted octanol–water partition coefficient (Wildman–Crippen LogP) is 3.26. The van der Waals surface area contributed by atoms with Gasteiger partial charge in [-0.25, -0.2) is 0 Å². The lowest BCUT2D eigenvalue weighted by Gasteiger charge is -2.20. The Labute approximate surface area is 117 Å². The van der Waals surface area contributed by atoms with Crippen LogP contribution in [0.5, 0.6) is 0 Å². The highest BCUT2D eigenvalue weighted by atomic mass is 16.2. The first kappa shape index (κ1) is 15.5. The van der Waals surface area contributed by atoms with Crippen molar-refractivity contribution in [2.45, 2.75) is 27.2 Å². The van der Waals surface area contributed by atoms with Gasteiger partial charge in [0.25, 0.3) is 5.91 Å². The van der Waals surface area contributed by atoms with Gasteiger partial charge >= 0.3 is 0 Å². The molecule has 0 aliphatic carbocycles. The molecule has 0 fully saturated rings. The fourth-order valence-electron chi connectivity index (χ4n) is 1.81. The summed E-state index contributed by atoms with van der Waals surface area (Å²) >= 11 is 0. The zero-order chi connectivity index (χ0) is 14.4. The van der Waals surface area contributed by atoms with E-state index in [1.807, 2.05) is 38.4 Å². The van der Waals surface area contributed by atoms with Crippen LogP contribution in [0.25, 0.3) is 0 Å². The minimum absolute atomic E-state index is 0.103. The Morgan fingerprint density at radius 3 is 2.21 bits per heavy atom. The van der Waals surface area contributed by atoms with Crippen LogP contribution in [-0.2, 0) is 0 Å². The van der Waals surface area contributed by atoms with Crippen LogP contribution < -0.4 is 4.90 Å². The third kappa shape index (κ3) is 4.58. The molecule has 0 aliphatic rings. The maximum atomic E-state index is 12.2. The van der Waals surface area contributed by atoms with E-state index < -0.39 is 0 Å². The standard InChI is InChI=1S/C16H26N2O/c1-6-17(4)15-9-7-14(8-10-15)16(19)18(5)12-11-13(2)3/h7-10,13H,6,11-12H2,1-5H3. The predicted molar refractivity (Wildman–Crippen MR) is 81.8 cm³/mol. The van der Waals surface area contributed by atoms with E-state index in [0.717, 1.165) is 30.8 Å². The third-order valence-corrected chi connectivity index (χ3v) is 3.42. The lowest BCUT2D eigenvalue weighted by molar-refractivity contribution is 0.0789. The lowest BCUT2D eigenvalue weighted by Crippen LogP contribution is -2.28. The molecule has 1 aromatic carbocycles. The average molecular weight is 262 g/mol. The SMILES string of the molecule is CCN(C)c1ccc(C(=O)N(C)CCC(C)C)cc1. The van der Waals surface area contributed by atoms with E-state index in [2.05, 4.69) is 25.7 Å². The first-order valence-electron chi connectivity index (χ1n) is 7.02. The summed E-state index contributed by atoms with van der Waals surface area (Å²) in [6.45, 7) is 8.23. The fourth-order valence-corrected chi connectivity index (χ4v) is 1.81. The van der Waals surface area contributed by atoms with Gasteiger partial charge in [0.1, 0.15) is 0 Å². The van der Waals surface area contributed by atoms with Gasteiger partial charge in [-0.3, -0.25) is 4.79 Å². The van der Waals surface area contributed by atoms with Crippen molar-refractivity contribution in [2.24, 2.45) is 5.92 Å². The van der Waals surface area contributed by atoms with Crippen LogP contribution in [0.15, 0.2) is 24.3 Å². The second-order valence-electron chi connectivity index (χ2n) is 5.47. The van der Waals surface area contributed by atoms with Crippen molar-refractivity contribution in [3.05, 3.63) is 29.8 Å². The zero-order valence-corrected chi connectivity index (χ0v) is 12.8. The number of hydrogen-bond donors (Lipinski definition) is 0. The number of hydrogen-bond acceptors (Lipinski definition) is 2. The Bertz CT molecular complexity index is 398. The topological polar surface area (TPSA) is 23.6 Å². The highest BCUT2D eigenvalue weighted by Gasteiger charge is 2.12. The number of anilines is 1. The molecule has 0 atom stereocenters. The minimum Gasteiger partial charge on any atom is -0.375 e. The van der Waals surface area contributed by atoms with Crippen molar-refractivity contribution in [1.82, 2.24) is 4.90 Å². The van der Waals surface area contributed by atoms with Gasteiger partial charge in [-0.15, -0.1) is 0 Å². The molecule has 0 radical (unpaired) electrons. The molecule has 0 unspecified atom stereocenters. The molecule has 106 valence electrons. The largest absolute Gasteiger partial charge is 0.375 e. The molecule has 0 heterocycles. The molecule has 0 saturated carbocycles. The third-order valence-electron chi connectivity index (χ3n) is 3.42. The minimum atomic E-state index is 0.103. The summed E-state index contributed by atoms with van der Waals surface area (Å²) in [4.78, 5) is 16.2. The molecule has 3 nitrogen and oxygen atoms in total. The number of carbonyl (C=O) groups is 1. The molecule has 0 aliphatic heterocycles. The first-order valence-corrected chi connectivity index (χ1v) is 7.02. The van der Waals surface area contributed by atoms with Crippen LogP contribution in [0.2, 0.25) is 0 Å². The van der Waals surface area contributed by atoms with Crippen molar-refractivity contribution < 1.29 is 4.79 Å². The molecule has 3 heteroatoms. The second-order valence-corrected chi connectivity index (χ2v) is 5.47. The maximum Gasteiger partial charge on any atom is 0.253 e. The highest BCUT2D eigenvalue weighted by molar-refractivity contribution is 5.94. The van der Waals surface area contributed by atoms with Gasteiger partial charge in [-0.2, -0.15) is 0 Å². The van der Waals surface area contributed by atoms with E-state index in [9.17, 15) is 4.79 Å². The average Bonchev–Trinajstić information content (AvgIpc) is 2.43. The Morgan fingerprint density at radius 1 is 1.16 bits per heavy atom.